The van der Waals surface area contributed by atoms with Crippen molar-refractivity contribution in [3.05, 3.63) is 39.9 Å². The number of aliphatic carboxylic acids is 1. The lowest BCUT2D eigenvalue weighted by Gasteiger charge is -2.22. The van der Waals surface area contributed by atoms with Crippen molar-refractivity contribution in [2.24, 2.45) is 0 Å². The van der Waals surface area contributed by atoms with Gasteiger partial charge < -0.3 is 15.2 Å². The molecule has 0 unspecified atom stereocenters. The number of ether oxygens (including phenoxy) is 1. The summed E-state index contributed by atoms with van der Waals surface area (Å²) >= 11 is 0. The van der Waals surface area contributed by atoms with Gasteiger partial charge in [0.05, 0.1) is 4.92 Å². The van der Waals surface area contributed by atoms with E-state index in [1.54, 1.807) is 32.9 Å². The standard InChI is InChI=1S/C15H20N2O6/c1-15(2,3)23-14(20)16-11(13(18)19)9-8-10-6-4-5-7-12(10)17(21)22/h4-7,11H,8-9H2,1-3H3,(H,16,20)(H,18,19)/t11-/m1/s1. The number of rotatable bonds is 6. The number of benzene rings is 1. The summed E-state index contributed by atoms with van der Waals surface area (Å²) in [6.45, 7) is 4.99. The number of alkyl carbamates (subject to hydrolysis) is 1. The highest BCUT2D eigenvalue weighted by molar-refractivity contribution is 5.80. The minimum Gasteiger partial charge on any atom is -0.480 e. The summed E-state index contributed by atoms with van der Waals surface area (Å²) in [5, 5.41) is 22.4. The van der Waals surface area contributed by atoms with E-state index in [9.17, 15) is 24.8 Å². The third-order valence-electron chi connectivity index (χ3n) is 2.88. The Balaban J connectivity index is 2.73. The number of amides is 1. The van der Waals surface area contributed by atoms with Gasteiger partial charge in [-0.15, -0.1) is 0 Å². The number of carbonyl (C=O) groups is 2. The molecule has 2 N–H and O–H groups in total. The molecular formula is C15H20N2O6. The Labute approximate surface area is 133 Å². The van der Waals surface area contributed by atoms with Crippen molar-refractivity contribution in [3.8, 4) is 0 Å². The Morgan fingerprint density at radius 2 is 1.96 bits per heavy atom. The van der Waals surface area contributed by atoms with E-state index >= 15 is 0 Å². The molecule has 0 saturated heterocycles. The van der Waals surface area contributed by atoms with E-state index in [0.29, 0.717) is 5.56 Å². The van der Waals surface area contributed by atoms with Crippen LogP contribution in [0.1, 0.15) is 32.8 Å². The summed E-state index contributed by atoms with van der Waals surface area (Å²) in [6, 6.07) is 4.90. The van der Waals surface area contributed by atoms with Crippen LogP contribution >= 0.6 is 0 Å². The zero-order valence-corrected chi connectivity index (χ0v) is 13.2. The minimum atomic E-state index is -1.23. The molecule has 8 nitrogen and oxygen atoms in total. The smallest absolute Gasteiger partial charge is 0.408 e. The summed E-state index contributed by atoms with van der Waals surface area (Å²) in [6.07, 6.45) is -0.684. The molecule has 0 aliphatic carbocycles. The van der Waals surface area contributed by atoms with Crippen LogP contribution in [-0.4, -0.2) is 33.7 Å². The summed E-state index contributed by atoms with van der Waals surface area (Å²) in [5.74, 6) is -1.23. The molecule has 0 aromatic heterocycles. The SMILES string of the molecule is CC(C)(C)OC(=O)N[C@H](CCc1ccccc1[N+](=O)[O-])C(=O)O. The molecule has 126 valence electrons. The number of para-hydroxylation sites is 1. The van der Waals surface area contributed by atoms with Crippen LogP contribution < -0.4 is 5.32 Å². The Morgan fingerprint density at radius 3 is 2.48 bits per heavy atom. The van der Waals surface area contributed by atoms with Crippen molar-refractivity contribution in [1.82, 2.24) is 5.32 Å². The molecule has 1 atom stereocenters. The van der Waals surface area contributed by atoms with Gasteiger partial charge in [0.15, 0.2) is 0 Å². The highest BCUT2D eigenvalue weighted by Crippen LogP contribution is 2.20. The van der Waals surface area contributed by atoms with Crippen molar-refractivity contribution in [3.63, 3.8) is 0 Å². The van der Waals surface area contributed by atoms with E-state index in [0.717, 1.165) is 0 Å². The van der Waals surface area contributed by atoms with E-state index in [4.69, 9.17) is 4.74 Å². The largest absolute Gasteiger partial charge is 0.480 e. The van der Waals surface area contributed by atoms with Gasteiger partial charge in [0.25, 0.3) is 5.69 Å². The molecule has 0 bridgehead atoms. The van der Waals surface area contributed by atoms with Crippen LogP contribution in [0.2, 0.25) is 0 Å². The maximum atomic E-state index is 11.7. The van der Waals surface area contributed by atoms with Crippen molar-refractivity contribution in [1.29, 1.82) is 0 Å². The van der Waals surface area contributed by atoms with Gasteiger partial charge in [0, 0.05) is 11.6 Å². The Bertz CT molecular complexity index is 594. The molecule has 0 radical (unpaired) electrons. The molecule has 0 spiro atoms. The van der Waals surface area contributed by atoms with Gasteiger partial charge in [0.1, 0.15) is 11.6 Å². The molecule has 0 heterocycles. The zero-order chi connectivity index (χ0) is 17.6. The first-order valence-electron chi connectivity index (χ1n) is 7.05. The highest BCUT2D eigenvalue weighted by atomic mass is 16.6. The zero-order valence-electron chi connectivity index (χ0n) is 13.2. The molecular weight excluding hydrogens is 304 g/mol. The van der Waals surface area contributed by atoms with Crippen molar-refractivity contribution < 1.29 is 24.4 Å². The Hall–Kier alpha value is -2.64. The monoisotopic (exact) mass is 324 g/mol. The second kappa shape index (κ2) is 7.57. The number of nitro groups is 1. The number of nitrogens with one attached hydrogen (secondary N) is 1. The van der Waals surface area contributed by atoms with E-state index in [2.05, 4.69) is 5.32 Å². The van der Waals surface area contributed by atoms with Crippen LogP contribution in [0.5, 0.6) is 0 Å². The van der Waals surface area contributed by atoms with Crippen LogP contribution in [-0.2, 0) is 16.0 Å². The average Bonchev–Trinajstić information content (AvgIpc) is 2.41. The van der Waals surface area contributed by atoms with E-state index in [1.165, 1.54) is 12.1 Å². The Morgan fingerprint density at radius 1 is 1.35 bits per heavy atom. The van der Waals surface area contributed by atoms with E-state index in [-0.39, 0.29) is 18.5 Å². The maximum Gasteiger partial charge on any atom is 0.408 e. The predicted molar refractivity (Wildman–Crippen MR) is 82.2 cm³/mol. The van der Waals surface area contributed by atoms with Gasteiger partial charge in [-0.3, -0.25) is 10.1 Å². The first-order valence-corrected chi connectivity index (χ1v) is 7.05. The van der Waals surface area contributed by atoms with Crippen molar-refractivity contribution in [2.45, 2.75) is 45.3 Å². The molecule has 1 amide bonds. The summed E-state index contributed by atoms with van der Waals surface area (Å²) < 4.78 is 5.01. The fourth-order valence-corrected chi connectivity index (χ4v) is 1.91. The molecule has 0 aliphatic rings. The number of carboxylic acids is 1. The summed E-state index contributed by atoms with van der Waals surface area (Å²) in [5.41, 5.74) is -0.408. The number of carboxylic acid groups (broad SMARTS) is 1. The fourth-order valence-electron chi connectivity index (χ4n) is 1.91. The van der Waals surface area contributed by atoms with Crippen molar-refractivity contribution >= 4 is 17.7 Å². The molecule has 0 fully saturated rings. The van der Waals surface area contributed by atoms with Crippen LogP contribution in [0.3, 0.4) is 0 Å². The molecule has 0 saturated carbocycles. The molecule has 8 heteroatoms. The maximum absolute atomic E-state index is 11.7. The van der Waals surface area contributed by atoms with Gasteiger partial charge in [0.2, 0.25) is 0 Å². The number of hydrogen-bond donors (Lipinski definition) is 2. The number of nitrogens with zero attached hydrogens (tertiary/aromatic N) is 1. The van der Waals surface area contributed by atoms with Crippen LogP contribution in [0.15, 0.2) is 24.3 Å². The molecule has 1 aromatic rings. The van der Waals surface area contributed by atoms with Gasteiger partial charge >= 0.3 is 12.1 Å². The van der Waals surface area contributed by atoms with Gasteiger partial charge in [-0.05, 0) is 33.6 Å². The highest BCUT2D eigenvalue weighted by Gasteiger charge is 2.24. The number of nitro benzene ring substituents is 1. The average molecular weight is 324 g/mol. The van der Waals surface area contributed by atoms with Gasteiger partial charge in [-0.1, -0.05) is 18.2 Å². The second-order valence-corrected chi connectivity index (χ2v) is 5.96. The van der Waals surface area contributed by atoms with E-state index < -0.39 is 28.6 Å². The molecule has 1 aromatic carbocycles. The van der Waals surface area contributed by atoms with E-state index in [1.807, 2.05) is 0 Å². The molecule has 0 aliphatic heterocycles. The third kappa shape index (κ3) is 6.33. The van der Waals surface area contributed by atoms with Crippen molar-refractivity contribution in [2.75, 3.05) is 0 Å². The number of aryl methyl sites for hydroxylation is 1. The second-order valence-electron chi connectivity index (χ2n) is 5.96. The van der Waals surface area contributed by atoms with Gasteiger partial charge in [-0.25, -0.2) is 9.59 Å². The van der Waals surface area contributed by atoms with Crippen LogP contribution in [0.4, 0.5) is 10.5 Å². The number of carbonyl (C=O) groups excluding carboxylic acids is 1. The van der Waals surface area contributed by atoms with Crippen LogP contribution in [0, 0.1) is 10.1 Å². The molecule has 1 rings (SSSR count). The Kier molecular flexibility index (Phi) is 6.06. The minimum absolute atomic E-state index is 0.0133. The topological polar surface area (TPSA) is 119 Å². The lowest BCUT2D eigenvalue weighted by Crippen LogP contribution is -2.43. The summed E-state index contributed by atoms with van der Waals surface area (Å²) in [7, 11) is 0. The van der Waals surface area contributed by atoms with Gasteiger partial charge in [-0.2, -0.15) is 0 Å². The first-order chi connectivity index (χ1) is 10.6. The van der Waals surface area contributed by atoms with Crippen LogP contribution in [0.25, 0.3) is 0 Å². The third-order valence-corrected chi connectivity index (χ3v) is 2.88. The normalized spacial score (nSPS) is 12.3. The lowest BCUT2D eigenvalue weighted by molar-refractivity contribution is -0.385. The molecule has 23 heavy (non-hydrogen) atoms. The summed E-state index contributed by atoms with van der Waals surface area (Å²) in [4.78, 5) is 33.3. The number of hydrogen-bond acceptors (Lipinski definition) is 5. The lowest BCUT2D eigenvalue weighted by atomic mass is 10.0. The predicted octanol–water partition coefficient (Wildman–Crippen LogP) is 2.51. The quantitative estimate of drug-likeness (QED) is 0.613. The first kappa shape index (κ1) is 18.4. The fraction of sp³-hybridized carbons (Fsp3) is 0.467.